The quantitative estimate of drug-likeness (QED) is 0.441. The average molecular weight is 361 g/mol. The van der Waals surface area contributed by atoms with Crippen molar-refractivity contribution in [1.82, 2.24) is 24.7 Å². The Morgan fingerprint density at radius 2 is 1.85 bits per heavy atom. The van der Waals surface area contributed by atoms with E-state index in [0.717, 1.165) is 39.7 Å². The molecule has 0 saturated heterocycles. The molecule has 0 bridgehead atoms. The summed E-state index contributed by atoms with van der Waals surface area (Å²) in [6.07, 6.45) is 0. The molecule has 0 spiro atoms. The van der Waals surface area contributed by atoms with Crippen LogP contribution >= 0.6 is 11.8 Å². The minimum Gasteiger partial charge on any atom is -0.440 e. The van der Waals surface area contributed by atoms with Crippen LogP contribution in [0.3, 0.4) is 0 Å². The Kier molecular flexibility index (Phi) is 3.60. The zero-order valence-electron chi connectivity index (χ0n) is 14.1. The van der Waals surface area contributed by atoms with E-state index in [9.17, 15) is 0 Å². The van der Waals surface area contributed by atoms with Crippen molar-refractivity contribution in [2.45, 2.75) is 24.4 Å². The zero-order chi connectivity index (χ0) is 17.5. The molecule has 0 unspecified atom stereocenters. The molecule has 26 heavy (non-hydrogen) atoms. The summed E-state index contributed by atoms with van der Waals surface area (Å²) in [6.45, 7) is 2.94. The van der Waals surface area contributed by atoms with Gasteiger partial charge in [0.2, 0.25) is 11.0 Å². The third-order valence-corrected chi connectivity index (χ3v) is 5.16. The number of aryl methyl sites for hydroxylation is 1. The van der Waals surface area contributed by atoms with Crippen molar-refractivity contribution in [3.8, 4) is 0 Å². The lowest BCUT2D eigenvalue weighted by molar-refractivity contribution is 0.556. The largest absolute Gasteiger partial charge is 0.440 e. The summed E-state index contributed by atoms with van der Waals surface area (Å²) < 4.78 is 7.93. The molecule has 0 aliphatic carbocycles. The highest BCUT2D eigenvalue weighted by molar-refractivity contribution is 7.98. The Labute approximate surface area is 153 Å². The maximum absolute atomic E-state index is 5.76. The molecule has 0 aliphatic heterocycles. The third-order valence-electron chi connectivity index (χ3n) is 4.33. The van der Waals surface area contributed by atoms with E-state index in [2.05, 4.69) is 38.8 Å². The van der Waals surface area contributed by atoms with Gasteiger partial charge in [0.05, 0.1) is 11.3 Å². The molecule has 0 aliphatic rings. The number of aromatic nitrogens is 5. The molecule has 0 amide bonds. The molecule has 5 rings (SSSR count). The van der Waals surface area contributed by atoms with Crippen molar-refractivity contribution < 1.29 is 4.42 Å². The highest BCUT2D eigenvalue weighted by Crippen LogP contribution is 2.28. The van der Waals surface area contributed by atoms with Gasteiger partial charge in [0, 0.05) is 11.9 Å². The molecule has 2 aromatic carbocycles. The first-order chi connectivity index (χ1) is 12.8. The minimum atomic E-state index is 0.564. The standard InChI is InChI=1S/C19H15N5OS/c1-2-24-14-9-5-3-7-12(14)17-18(24)21-19(23-22-17)26-11-16-20-13-8-4-6-10-15(13)25-16/h3-10H,2,11H2,1H3. The Hall–Kier alpha value is -2.93. The van der Waals surface area contributed by atoms with Gasteiger partial charge in [0.15, 0.2) is 11.2 Å². The summed E-state index contributed by atoms with van der Waals surface area (Å²) in [5.41, 5.74) is 4.50. The first kappa shape index (κ1) is 15.3. The summed E-state index contributed by atoms with van der Waals surface area (Å²) in [6, 6.07) is 15.9. The second-order valence-electron chi connectivity index (χ2n) is 5.89. The van der Waals surface area contributed by atoms with Crippen molar-refractivity contribution >= 4 is 44.9 Å². The first-order valence-corrected chi connectivity index (χ1v) is 9.41. The van der Waals surface area contributed by atoms with Gasteiger partial charge in [-0.05, 0) is 25.1 Å². The summed E-state index contributed by atoms with van der Waals surface area (Å²) >= 11 is 1.48. The van der Waals surface area contributed by atoms with Crippen LogP contribution in [0.5, 0.6) is 0 Å². The van der Waals surface area contributed by atoms with E-state index < -0.39 is 0 Å². The number of fused-ring (bicyclic) bond motifs is 4. The zero-order valence-corrected chi connectivity index (χ0v) is 14.9. The van der Waals surface area contributed by atoms with Crippen LogP contribution in [0.25, 0.3) is 33.2 Å². The lowest BCUT2D eigenvalue weighted by Gasteiger charge is -2.02. The van der Waals surface area contributed by atoms with Crippen LogP contribution in [0.4, 0.5) is 0 Å². The van der Waals surface area contributed by atoms with Gasteiger partial charge in [-0.1, -0.05) is 42.1 Å². The molecule has 7 heteroatoms. The highest BCUT2D eigenvalue weighted by atomic mass is 32.2. The number of benzene rings is 2. The Balaban J connectivity index is 1.50. The maximum atomic E-state index is 5.76. The summed E-state index contributed by atoms with van der Waals surface area (Å²) in [4.78, 5) is 9.23. The lowest BCUT2D eigenvalue weighted by atomic mass is 10.2. The molecule has 0 radical (unpaired) electrons. The number of hydrogen-bond donors (Lipinski definition) is 0. The highest BCUT2D eigenvalue weighted by Gasteiger charge is 2.14. The molecule has 3 aromatic heterocycles. The number of thioether (sulfide) groups is 1. The summed E-state index contributed by atoms with van der Waals surface area (Å²) in [5, 5.41) is 10.4. The number of hydrogen-bond acceptors (Lipinski definition) is 6. The van der Waals surface area contributed by atoms with Gasteiger partial charge < -0.3 is 8.98 Å². The van der Waals surface area contributed by atoms with Crippen molar-refractivity contribution in [3.63, 3.8) is 0 Å². The van der Waals surface area contributed by atoms with Crippen molar-refractivity contribution in [3.05, 3.63) is 54.4 Å². The van der Waals surface area contributed by atoms with Crippen LogP contribution in [0.2, 0.25) is 0 Å². The van der Waals surface area contributed by atoms with Crippen LogP contribution in [0, 0.1) is 0 Å². The van der Waals surface area contributed by atoms with Crippen molar-refractivity contribution in [2.75, 3.05) is 0 Å². The fraction of sp³-hybridized carbons (Fsp3) is 0.158. The van der Waals surface area contributed by atoms with E-state index in [1.54, 1.807) is 0 Å². The fourth-order valence-corrected chi connectivity index (χ4v) is 3.80. The van der Waals surface area contributed by atoms with Crippen LogP contribution in [0.15, 0.2) is 58.1 Å². The molecular weight excluding hydrogens is 346 g/mol. The number of para-hydroxylation sites is 3. The monoisotopic (exact) mass is 361 g/mol. The Morgan fingerprint density at radius 1 is 1.00 bits per heavy atom. The summed E-state index contributed by atoms with van der Waals surface area (Å²) in [7, 11) is 0. The maximum Gasteiger partial charge on any atom is 0.211 e. The topological polar surface area (TPSA) is 69.6 Å². The molecule has 6 nitrogen and oxygen atoms in total. The first-order valence-electron chi connectivity index (χ1n) is 8.42. The smallest absolute Gasteiger partial charge is 0.211 e. The van der Waals surface area contributed by atoms with E-state index in [4.69, 9.17) is 9.40 Å². The molecule has 3 heterocycles. The van der Waals surface area contributed by atoms with Crippen molar-refractivity contribution in [2.24, 2.45) is 0 Å². The van der Waals surface area contributed by atoms with E-state index in [-0.39, 0.29) is 0 Å². The SMILES string of the molecule is CCn1c2ccccc2c2nnc(SCc3nc4ccccc4o3)nc21. The normalized spacial score (nSPS) is 11.7. The Bertz CT molecular complexity index is 1210. The molecule has 5 aromatic rings. The van der Waals surface area contributed by atoms with Gasteiger partial charge in [0.25, 0.3) is 0 Å². The van der Waals surface area contributed by atoms with Crippen LogP contribution in [-0.2, 0) is 12.3 Å². The minimum absolute atomic E-state index is 0.564. The van der Waals surface area contributed by atoms with Crippen LogP contribution in [0.1, 0.15) is 12.8 Å². The Morgan fingerprint density at radius 3 is 2.73 bits per heavy atom. The molecule has 0 atom stereocenters. The molecule has 0 N–H and O–H groups in total. The van der Waals surface area contributed by atoms with E-state index in [0.29, 0.717) is 16.8 Å². The van der Waals surface area contributed by atoms with E-state index >= 15 is 0 Å². The number of rotatable bonds is 4. The van der Waals surface area contributed by atoms with Gasteiger partial charge in [-0.15, -0.1) is 10.2 Å². The molecule has 128 valence electrons. The van der Waals surface area contributed by atoms with Gasteiger partial charge in [0.1, 0.15) is 11.0 Å². The average Bonchev–Trinajstić information content (AvgIpc) is 3.24. The molecule has 0 fully saturated rings. The molecule has 0 saturated carbocycles. The second kappa shape index (κ2) is 6.10. The lowest BCUT2D eigenvalue weighted by Crippen LogP contribution is -1.98. The summed E-state index contributed by atoms with van der Waals surface area (Å²) in [5.74, 6) is 1.23. The van der Waals surface area contributed by atoms with Gasteiger partial charge >= 0.3 is 0 Å². The third kappa shape index (κ3) is 2.43. The van der Waals surface area contributed by atoms with E-state index in [1.807, 2.05) is 36.4 Å². The predicted molar refractivity (Wildman–Crippen MR) is 102 cm³/mol. The number of oxazole rings is 1. The predicted octanol–water partition coefficient (Wildman–Crippen LogP) is 4.43. The van der Waals surface area contributed by atoms with Gasteiger partial charge in [-0.2, -0.15) is 0 Å². The second-order valence-corrected chi connectivity index (χ2v) is 6.83. The molecular formula is C19H15N5OS. The van der Waals surface area contributed by atoms with Crippen molar-refractivity contribution in [1.29, 1.82) is 0 Å². The van der Waals surface area contributed by atoms with Crippen LogP contribution < -0.4 is 0 Å². The van der Waals surface area contributed by atoms with E-state index in [1.165, 1.54) is 11.8 Å². The number of nitrogens with zero attached hydrogens (tertiary/aromatic N) is 5. The van der Waals surface area contributed by atoms with Crippen LogP contribution in [-0.4, -0.2) is 24.7 Å². The van der Waals surface area contributed by atoms with Gasteiger partial charge in [-0.25, -0.2) is 9.97 Å². The fourth-order valence-electron chi connectivity index (χ4n) is 3.18. The van der Waals surface area contributed by atoms with Gasteiger partial charge in [-0.3, -0.25) is 0 Å².